The summed E-state index contributed by atoms with van der Waals surface area (Å²) in [6.07, 6.45) is 3.71. The first-order valence-electron chi connectivity index (χ1n) is 4.89. The van der Waals surface area contributed by atoms with E-state index in [0.29, 0.717) is 6.61 Å². The summed E-state index contributed by atoms with van der Waals surface area (Å²) in [5.41, 5.74) is 0.0935. The number of nitro groups is 1. The number of nitro benzene ring substituents is 1. The van der Waals surface area contributed by atoms with Gasteiger partial charge >= 0.3 is 0 Å². The average Bonchev–Trinajstić information content (AvgIpc) is 2.29. The molecule has 0 aliphatic rings. The molecule has 0 spiro atoms. The van der Waals surface area contributed by atoms with Crippen molar-refractivity contribution >= 4 is 17.7 Å². The van der Waals surface area contributed by atoms with Gasteiger partial charge in [-0.15, -0.1) is 6.58 Å². The second-order valence-corrected chi connectivity index (χ2v) is 3.96. The van der Waals surface area contributed by atoms with Gasteiger partial charge in [0.05, 0.1) is 11.5 Å². The molecule has 1 aromatic rings. The lowest BCUT2D eigenvalue weighted by molar-refractivity contribution is -0.384. The SMILES string of the molecule is C=CCCCOSc1ccc([N+](=O)[O-])cc1. The summed E-state index contributed by atoms with van der Waals surface area (Å²) in [6, 6.07) is 6.29. The van der Waals surface area contributed by atoms with Gasteiger partial charge in [-0.1, -0.05) is 6.08 Å². The third-order valence-corrected chi connectivity index (χ3v) is 2.59. The minimum Gasteiger partial charge on any atom is -0.310 e. The van der Waals surface area contributed by atoms with Gasteiger partial charge in [-0.2, -0.15) is 0 Å². The lowest BCUT2D eigenvalue weighted by Gasteiger charge is -2.01. The molecule has 0 unspecified atom stereocenters. The van der Waals surface area contributed by atoms with E-state index in [1.165, 1.54) is 24.2 Å². The predicted molar refractivity (Wildman–Crippen MR) is 64.3 cm³/mol. The maximum Gasteiger partial charge on any atom is 0.269 e. The highest BCUT2D eigenvalue weighted by molar-refractivity contribution is 7.94. The van der Waals surface area contributed by atoms with Crippen molar-refractivity contribution in [2.75, 3.05) is 6.61 Å². The number of rotatable bonds is 7. The van der Waals surface area contributed by atoms with Gasteiger partial charge in [0, 0.05) is 29.1 Å². The van der Waals surface area contributed by atoms with Crippen LogP contribution < -0.4 is 0 Å². The third-order valence-electron chi connectivity index (χ3n) is 1.84. The van der Waals surface area contributed by atoms with Gasteiger partial charge in [0.15, 0.2) is 0 Å². The molecule has 0 aliphatic carbocycles. The van der Waals surface area contributed by atoms with E-state index in [4.69, 9.17) is 4.18 Å². The van der Waals surface area contributed by atoms with E-state index < -0.39 is 4.92 Å². The fourth-order valence-corrected chi connectivity index (χ4v) is 1.60. The van der Waals surface area contributed by atoms with E-state index in [0.717, 1.165) is 17.7 Å². The van der Waals surface area contributed by atoms with Gasteiger partial charge in [0.25, 0.3) is 5.69 Å². The van der Waals surface area contributed by atoms with Gasteiger partial charge in [-0.25, -0.2) is 0 Å². The van der Waals surface area contributed by atoms with Gasteiger partial charge < -0.3 is 4.18 Å². The Hall–Kier alpha value is -1.33. The lowest BCUT2D eigenvalue weighted by atomic mass is 10.3. The first kappa shape index (κ1) is 12.7. The zero-order valence-electron chi connectivity index (χ0n) is 8.80. The molecule has 5 heteroatoms. The molecule has 0 fully saturated rings. The minimum atomic E-state index is -0.417. The van der Waals surface area contributed by atoms with Crippen molar-refractivity contribution in [3.63, 3.8) is 0 Å². The molecular formula is C11H13NO3S. The topological polar surface area (TPSA) is 52.4 Å². The first-order chi connectivity index (χ1) is 7.74. The van der Waals surface area contributed by atoms with Crippen LogP contribution in [0.1, 0.15) is 12.8 Å². The summed E-state index contributed by atoms with van der Waals surface area (Å²) in [5.74, 6) is 0. The summed E-state index contributed by atoms with van der Waals surface area (Å²) >= 11 is 1.23. The Morgan fingerprint density at radius 2 is 2.12 bits per heavy atom. The van der Waals surface area contributed by atoms with E-state index >= 15 is 0 Å². The smallest absolute Gasteiger partial charge is 0.269 e. The highest BCUT2D eigenvalue weighted by Gasteiger charge is 2.04. The van der Waals surface area contributed by atoms with Crippen LogP contribution in [0.3, 0.4) is 0 Å². The van der Waals surface area contributed by atoms with Crippen molar-refractivity contribution in [2.24, 2.45) is 0 Å². The zero-order chi connectivity index (χ0) is 11.8. The van der Waals surface area contributed by atoms with Gasteiger partial charge in [-0.3, -0.25) is 10.1 Å². The van der Waals surface area contributed by atoms with E-state index in [1.807, 2.05) is 6.08 Å². The van der Waals surface area contributed by atoms with Crippen LogP contribution in [0.5, 0.6) is 0 Å². The van der Waals surface area contributed by atoms with Crippen LogP contribution in [0.2, 0.25) is 0 Å². The van der Waals surface area contributed by atoms with Crippen molar-refractivity contribution in [3.05, 3.63) is 47.0 Å². The molecule has 0 radical (unpaired) electrons. The second-order valence-electron chi connectivity index (χ2n) is 3.09. The number of allylic oxidation sites excluding steroid dienone is 1. The number of hydrogen-bond donors (Lipinski definition) is 0. The molecule has 0 bridgehead atoms. The normalized spacial score (nSPS) is 10.0. The maximum absolute atomic E-state index is 10.4. The summed E-state index contributed by atoms with van der Waals surface area (Å²) in [7, 11) is 0. The Labute approximate surface area is 98.7 Å². The molecule has 0 N–H and O–H groups in total. The highest BCUT2D eigenvalue weighted by Crippen LogP contribution is 2.22. The van der Waals surface area contributed by atoms with Crippen molar-refractivity contribution < 1.29 is 9.11 Å². The van der Waals surface area contributed by atoms with E-state index in [2.05, 4.69) is 6.58 Å². The van der Waals surface area contributed by atoms with Crippen molar-refractivity contribution in [1.82, 2.24) is 0 Å². The van der Waals surface area contributed by atoms with E-state index in [1.54, 1.807) is 12.1 Å². The molecule has 4 nitrogen and oxygen atoms in total. The van der Waals surface area contributed by atoms with Crippen LogP contribution >= 0.6 is 12.0 Å². The van der Waals surface area contributed by atoms with Crippen molar-refractivity contribution in [2.45, 2.75) is 17.7 Å². The number of nitrogens with zero attached hydrogens (tertiary/aromatic N) is 1. The Morgan fingerprint density at radius 3 is 2.69 bits per heavy atom. The van der Waals surface area contributed by atoms with Crippen LogP contribution in [0.15, 0.2) is 41.8 Å². The maximum atomic E-state index is 10.4. The summed E-state index contributed by atoms with van der Waals surface area (Å²) < 4.78 is 5.32. The molecule has 0 aliphatic heterocycles. The van der Waals surface area contributed by atoms with E-state index in [-0.39, 0.29) is 5.69 Å². The number of benzene rings is 1. The zero-order valence-corrected chi connectivity index (χ0v) is 9.61. The van der Waals surface area contributed by atoms with Gasteiger partial charge in [-0.05, 0) is 25.0 Å². The molecule has 0 heterocycles. The summed E-state index contributed by atoms with van der Waals surface area (Å²) in [4.78, 5) is 10.9. The Balaban J connectivity index is 2.32. The third kappa shape index (κ3) is 4.46. The summed E-state index contributed by atoms with van der Waals surface area (Å²) in [5, 5.41) is 10.4. The molecule has 0 atom stereocenters. The van der Waals surface area contributed by atoms with Gasteiger partial charge in [0.2, 0.25) is 0 Å². The average molecular weight is 239 g/mol. The Kier molecular flexibility index (Phi) is 5.60. The number of non-ortho nitro benzene ring substituents is 1. The molecule has 1 aromatic carbocycles. The summed E-state index contributed by atoms with van der Waals surface area (Å²) in [6.45, 7) is 4.26. The van der Waals surface area contributed by atoms with Crippen LogP contribution in [0.4, 0.5) is 5.69 Å². The van der Waals surface area contributed by atoms with Crippen LogP contribution in [-0.4, -0.2) is 11.5 Å². The molecule has 1 rings (SSSR count). The Morgan fingerprint density at radius 1 is 1.44 bits per heavy atom. The molecule has 0 aromatic heterocycles. The van der Waals surface area contributed by atoms with E-state index in [9.17, 15) is 10.1 Å². The number of hydrogen-bond acceptors (Lipinski definition) is 4. The first-order valence-corrected chi connectivity index (χ1v) is 5.63. The molecule has 0 saturated heterocycles. The fourth-order valence-electron chi connectivity index (χ4n) is 1.02. The van der Waals surface area contributed by atoms with Crippen LogP contribution in [-0.2, 0) is 4.18 Å². The molecule has 0 saturated carbocycles. The Bertz CT molecular complexity index is 351. The standard InChI is InChI=1S/C11H13NO3S/c1-2-3-4-9-15-16-11-7-5-10(6-8-11)12(13)14/h2,5-8H,1,3-4,9H2. The van der Waals surface area contributed by atoms with Crippen LogP contribution in [0, 0.1) is 10.1 Å². The van der Waals surface area contributed by atoms with Crippen molar-refractivity contribution in [3.8, 4) is 0 Å². The van der Waals surface area contributed by atoms with Crippen LogP contribution in [0.25, 0.3) is 0 Å². The molecule has 86 valence electrons. The minimum absolute atomic E-state index is 0.0935. The molecular weight excluding hydrogens is 226 g/mol. The molecule has 0 amide bonds. The molecule has 16 heavy (non-hydrogen) atoms. The van der Waals surface area contributed by atoms with Crippen molar-refractivity contribution in [1.29, 1.82) is 0 Å². The van der Waals surface area contributed by atoms with Gasteiger partial charge in [0.1, 0.15) is 0 Å². The lowest BCUT2D eigenvalue weighted by Crippen LogP contribution is -1.88. The highest BCUT2D eigenvalue weighted by atomic mass is 32.2. The quantitative estimate of drug-likeness (QED) is 0.240. The second kappa shape index (κ2) is 7.03. The monoisotopic (exact) mass is 239 g/mol. The predicted octanol–water partition coefficient (Wildman–Crippen LogP) is 3.58. The number of unbranched alkanes of at least 4 members (excludes halogenated alkanes) is 1. The fraction of sp³-hybridized carbons (Fsp3) is 0.273. The largest absolute Gasteiger partial charge is 0.310 e.